The lowest BCUT2D eigenvalue weighted by atomic mass is 10.1. The van der Waals surface area contributed by atoms with Crippen LogP contribution in [-0.4, -0.2) is 50.5 Å². The third-order valence-corrected chi connectivity index (χ3v) is 6.99. The van der Waals surface area contributed by atoms with E-state index in [9.17, 15) is 26.8 Å². The fraction of sp³-hybridized carbons (Fsp3) is 0.462. The van der Waals surface area contributed by atoms with Crippen molar-refractivity contribution in [3.05, 3.63) is 65.2 Å². The Balaban J connectivity index is 2.19. The number of carbonyl (C=O) groups excluding carboxylic acids is 2. The summed E-state index contributed by atoms with van der Waals surface area (Å²) in [6.45, 7) is 8.13. The van der Waals surface area contributed by atoms with Crippen LogP contribution in [-0.2, 0) is 26.2 Å². The third kappa shape index (κ3) is 8.29. The number of amides is 2. The van der Waals surface area contributed by atoms with Crippen molar-refractivity contribution in [2.24, 2.45) is 5.92 Å². The molecule has 1 atom stereocenters. The van der Waals surface area contributed by atoms with Gasteiger partial charge in [-0.2, -0.15) is 0 Å². The lowest BCUT2D eigenvalue weighted by Crippen LogP contribution is -2.48. The van der Waals surface area contributed by atoms with Gasteiger partial charge < -0.3 is 10.2 Å². The first-order valence-corrected chi connectivity index (χ1v) is 13.7. The Morgan fingerprint density at radius 2 is 1.69 bits per heavy atom. The lowest BCUT2D eigenvalue weighted by molar-refractivity contribution is -0.140. The molecule has 36 heavy (non-hydrogen) atoms. The van der Waals surface area contributed by atoms with Gasteiger partial charge in [-0.15, -0.1) is 0 Å². The van der Waals surface area contributed by atoms with Gasteiger partial charge in [0, 0.05) is 32.1 Å². The van der Waals surface area contributed by atoms with E-state index in [-0.39, 0.29) is 49.4 Å². The molecule has 0 radical (unpaired) electrons. The number of nitrogens with one attached hydrogen (secondary N) is 1. The molecule has 0 spiro atoms. The Morgan fingerprint density at radius 3 is 2.28 bits per heavy atom. The molecule has 7 nitrogen and oxygen atoms in total. The molecule has 1 N–H and O–H groups in total. The maximum Gasteiger partial charge on any atom is 0.242 e. The lowest BCUT2D eigenvalue weighted by Gasteiger charge is -2.30. The Kier molecular flexibility index (Phi) is 10.4. The molecule has 2 rings (SSSR count). The Hall–Kier alpha value is -3.01. The minimum absolute atomic E-state index is 0.0259. The molecule has 0 aliphatic carbocycles. The number of benzene rings is 2. The van der Waals surface area contributed by atoms with Gasteiger partial charge in [0.1, 0.15) is 6.04 Å². The maximum atomic E-state index is 13.7. The summed E-state index contributed by atoms with van der Waals surface area (Å²) in [4.78, 5) is 27.5. The van der Waals surface area contributed by atoms with E-state index in [2.05, 4.69) is 5.32 Å². The molecule has 10 heteroatoms. The topological polar surface area (TPSA) is 86.8 Å². The highest BCUT2D eigenvalue weighted by Gasteiger charge is 2.27. The molecule has 0 saturated carbocycles. The highest BCUT2D eigenvalue weighted by molar-refractivity contribution is 7.92. The quantitative estimate of drug-likeness (QED) is 0.456. The van der Waals surface area contributed by atoms with Crippen molar-refractivity contribution in [3.63, 3.8) is 0 Å². The second kappa shape index (κ2) is 12.8. The number of hydrogen-bond donors (Lipinski definition) is 1. The van der Waals surface area contributed by atoms with E-state index in [1.807, 2.05) is 45.0 Å². The molecule has 0 fully saturated rings. The van der Waals surface area contributed by atoms with Gasteiger partial charge >= 0.3 is 0 Å². The second-order valence-electron chi connectivity index (χ2n) is 9.30. The van der Waals surface area contributed by atoms with E-state index in [0.29, 0.717) is 6.54 Å². The van der Waals surface area contributed by atoms with Gasteiger partial charge in [-0.05, 0) is 49.4 Å². The number of hydrogen-bond acceptors (Lipinski definition) is 4. The molecule has 0 aliphatic rings. The Bertz CT molecular complexity index is 1170. The van der Waals surface area contributed by atoms with Gasteiger partial charge in [0.2, 0.25) is 21.8 Å². The molecule has 1 unspecified atom stereocenters. The van der Waals surface area contributed by atoms with Crippen molar-refractivity contribution in [1.29, 1.82) is 0 Å². The molecule has 2 aromatic rings. The predicted molar refractivity (Wildman–Crippen MR) is 137 cm³/mol. The Labute approximate surface area is 212 Å². The molecular weight excluding hydrogens is 488 g/mol. The molecule has 0 saturated heterocycles. The van der Waals surface area contributed by atoms with Crippen LogP contribution in [0.25, 0.3) is 0 Å². The van der Waals surface area contributed by atoms with Crippen LogP contribution in [0.3, 0.4) is 0 Å². The number of rotatable bonds is 12. The zero-order valence-electron chi connectivity index (χ0n) is 21.4. The summed E-state index contributed by atoms with van der Waals surface area (Å²) in [6.07, 6.45) is 1.04. The van der Waals surface area contributed by atoms with E-state index >= 15 is 0 Å². The molecular formula is C26H35F2N3O4S. The number of nitrogens with zero attached hydrogens (tertiary/aromatic N) is 2. The Morgan fingerprint density at radius 1 is 1.03 bits per heavy atom. The summed E-state index contributed by atoms with van der Waals surface area (Å²) < 4.78 is 52.6. The van der Waals surface area contributed by atoms with Crippen molar-refractivity contribution in [1.82, 2.24) is 10.2 Å². The van der Waals surface area contributed by atoms with Gasteiger partial charge in [-0.1, -0.05) is 38.1 Å². The van der Waals surface area contributed by atoms with Crippen LogP contribution in [0.2, 0.25) is 0 Å². The zero-order chi connectivity index (χ0) is 27.0. The van der Waals surface area contributed by atoms with Crippen LogP contribution in [0, 0.1) is 24.5 Å². The maximum absolute atomic E-state index is 13.7. The highest BCUT2D eigenvalue weighted by Crippen LogP contribution is 2.22. The molecule has 0 aliphatic heterocycles. The van der Waals surface area contributed by atoms with Gasteiger partial charge in [0.15, 0.2) is 11.6 Å². The first-order chi connectivity index (χ1) is 16.8. The van der Waals surface area contributed by atoms with Crippen LogP contribution < -0.4 is 9.62 Å². The van der Waals surface area contributed by atoms with Gasteiger partial charge in [-0.3, -0.25) is 13.9 Å². The molecule has 2 aromatic carbocycles. The summed E-state index contributed by atoms with van der Waals surface area (Å²) in [5.41, 5.74) is 1.85. The van der Waals surface area contributed by atoms with Crippen LogP contribution >= 0.6 is 0 Å². The van der Waals surface area contributed by atoms with Crippen molar-refractivity contribution >= 4 is 27.5 Å². The molecule has 198 valence electrons. The van der Waals surface area contributed by atoms with E-state index in [4.69, 9.17) is 0 Å². The van der Waals surface area contributed by atoms with E-state index in [0.717, 1.165) is 33.8 Å². The smallest absolute Gasteiger partial charge is 0.242 e. The summed E-state index contributed by atoms with van der Waals surface area (Å²) >= 11 is 0. The number of halogens is 2. The van der Waals surface area contributed by atoms with Crippen molar-refractivity contribution in [2.45, 2.75) is 53.1 Å². The third-order valence-electron chi connectivity index (χ3n) is 5.80. The molecule has 2 amide bonds. The highest BCUT2D eigenvalue weighted by atomic mass is 32.2. The average Bonchev–Trinajstić information content (AvgIpc) is 2.80. The fourth-order valence-corrected chi connectivity index (χ4v) is 4.61. The first kappa shape index (κ1) is 29.2. The van der Waals surface area contributed by atoms with Crippen LogP contribution in [0.5, 0.6) is 0 Å². The van der Waals surface area contributed by atoms with Gasteiger partial charge in [0.05, 0.1) is 11.9 Å². The number of aryl methyl sites for hydroxylation is 1. The van der Waals surface area contributed by atoms with E-state index < -0.39 is 27.7 Å². The fourth-order valence-electron chi connectivity index (χ4n) is 3.65. The number of sulfonamides is 1. The number of anilines is 1. The molecule has 0 aromatic heterocycles. The van der Waals surface area contributed by atoms with Crippen molar-refractivity contribution in [2.75, 3.05) is 23.7 Å². The second-order valence-corrected chi connectivity index (χ2v) is 11.2. The van der Waals surface area contributed by atoms with Crippen LogP contribution in [0.1, 0.15) is 44.7 Å². The van der Waals surface area contributed by atoms with E-state index in [1.54, 1.807) is 6.92 Å². The largest absolute Gasteiger partial charge is 0.354 e. The summed E-state index contributed by atoms with van der Waals surface area (Å²) in [7, 11) is -3.81. The normalized spacial score (nSPS) is 12.3. The minimum atomic E-state index is -3.81. The predicted octanol–water partition coefficient (Wildman–Crippen LogP) is 4.01. The molecule has 0 bridgehead atoms. The summed E-state index contributed by atoms with van der Waals surface area (Å²) in [5, 5.41) is 2.86. The van der Waals surface area contributed by atoms with Gasteiger partial charge in [-0.25, -0.2) is 17.2 Å². The minimum Gasteiger partial charge on any atom is -0.354 e. The average molecular weight is 524 g/mol. The zero-order valence-corrected chi connectivity index (χ0v) is 22.2. The summed E-state index contributed by atoms with van der Waals surface area (Å²) in [6, 6.07) is 9.66. The number of carbonyl (C=O) groups is 2. The van der Waals surface area contributed by atoms with Crippen LogP contribution in [0.15, 0.2) is 42.5 Å². The van der Waals surface area contributed by atoms with Crippen molar-refractivity contribution in [3.8, 4) is 0 Å². The van der Waals surface area contributed by atoms with E-state index in [1.165, 1.54) is 11.0 Å². The van der Waals surface area contributed by atoms with Gasteiger partial charge in [0.25, 0.3) is 0 Å². The standard InChI is InChI=1S/C26H35F2N3O4S/c1-18(2)16-29-26(33)20(4)30(17-21-10-7-6-9-19(21)3)25(32)11-8-14-31(36(5,34)35)22-12-13-23(27)24(28)15-22/h6-7,9-10,12-13,15,18,20H,8,11,14,16-17H2,1-5H3,(H,29,33). The summed E-state index contributed by atoms with van der Waals surface area (Å²) in [5.74, 6) is -2.59. The molecule has 0 heterocycles. The SMILES string of the molecule is Cc1ccccc1CN(C(=O)CCCN(c1ccc(F)c(F)c1)S(C)(=O)=O)C(C)C(=O)NCC(C)C. The van der Waals surface area contributed by atoms with Crippen LogP contribution in [0.4, 0.5) is 14.5 Å². The monoisotopic (exact) mass is 523 g/mol. The van der Waals surface area contributed by atoms with Crippen molar-refractivity contribution < 1.29 is 26.8 Å². The first-order valence-electron chi connectivity index (χ1n) is 11.9.